The molecule has 0 bridgehead atoms. The predicted octanol–water partition coefficient (Wildman–Crippen LogP) is -15.5. The maximum absolute atomic E-state index is 13.6. The van der Waals surface area contributed by atoms with Crippen molar-refractivity contribution in [2.75, 3.05) is 46.2 Å². The van der Waals surface area contributed by atoms with E-state index in [1.807, 2.05) is 0 Å². The fraction of sp³-hybridized carbons (Fsp3) is 0.911. The van der Waals surface area contributed by atoms with Gasteiger partial charge in [-0.2, -0.15) is 0 Å². The molecule has 38 nitrogen and oxygen atoms in total. The van der Waals surface area contributed by atoms with E-state index >= 15 is 0 Å². The fourth-order valence-corrected chi connectivity index (χ4v) is 10.4. The average molecular weight is 1220 g/mol. The highest BCUT2D eigenvalue weighted by Gasteiger charge is 2.62. The first kappa shape index (κ1) is 68.8. The zero-order valence-electron chi connectivity index (χ0n) is 44.0. The summed E-state index contributed by atoms with van der Waals surface area (Å²) in [6, 6.07) is -5.71. The van der Waals surface area contributed by atoms with E-state index in [0.29, 0.717) is 0 Å². The van der Waals surface area contributed by atoms with E-state index in [1.54, 1.807) is 0 Å². The zero-order chi connectivity index (χ0) is 61.7. The summed E-state index contributed by atoms with van der Waals surface area (Å²) in [6.45, 7) is -6.12. The van der Waals surface area contributed by atoms with Gasteiger partial charge in [0, 0.05) is 20.3 Å². The van der Waals surface area contributed by atoms with Crippen molar-refractivity contribution in [3.63, 3.8) is 0 Å². The van der Waals surface area contributed by atoms with Crippen molar-refractivity contribution in [2.45, 2.75) is 210 Å². The number of carbonyl (C=O) groups excluding carboxylic acids is 3. The zero-order valence-corrected chi connectivity index (χ0v) is 44.0. The highest BCUT2D eigenvalue weighted by atomic mass is 16.8. The molecule has 23 N–H and O–H groups in total. The number of amides is 3. The van der Waals surface area contributed by atoms with Crippen LogP contribution in [0.15, 0.2) is 0 Å². The summed E-state index contributed by atoms with van der Waals surface area (Å²) in [7, 11) is 0. The highest BCUT2D eigenvalue weighted by molar-refractivity contribution is 5.78. The molecule has 6 fully saturated rings. The summed E-state index contributed by atoms with van der Waals surface area (Å²) in [5, 5.41) is 222. The molecule has 6 saturated heterocycles. The SMILES string of the molecule is CC(=O)N[C@H]1[C@H](O[C@@H]2[C@H](O[C@]3(C(=O)O)C[C@H](O)[C@@H](NC(=O)CO)[C@H]([C@H](O)[C@H](O)CO)O3)[C@@H](O)[C@H](O[C@H]3[C@@H](O)[C@@H](CO)O[C@@H](O[C@@H]4[C@H](O)[C@@H](O)[C@H](O[C@H]5[C@H](O)[C@@H](O)[C@H](O)O[C@@H]5CO)O[C@@H]4CO)[C@@H]3NC(C)=O)O[C@@H]2CO)O[C@H](CO)[C@H](O)[C@@H]1O. The third-order valence-corrected chi connectivity index (χ3v) is 14.7. The van der Waals surface area contributed by atoms with Crippen LogP contribution in [0.4, 0.5) is 0 Å². The van der Waals surface area contributed by atoms with Gasteiger partial charge < -0.3 is 170 Å². The fourth-order valence-electron chi connectivity index (χ4n) is 10.4. The molecule has 0 aromatic carbocycles. The molecule has 31 atom stereocenters. The van der Waals surface area contributed by atoms with Crippen LogP contribution in [0.1, 0.15) is 20.3 Å². The molecule has 0 radical (unpaired) electrons. The van der Waals surface area contributed by atoms with E-state index in [0.717, 1.165) is 13.8 Å². The normalized spacial score (nSPS) is 45.8. The van der Waals surface area contributed by atoms with Crippen molar-refractivity contribution in [1.29, 1.82) is 0 Å². The molecule has 0 saturated carbocycles. The Balaban J connectivity index is 1.39. The smallest absolute Gasteiger partial charge is 0.364 e. The van der Waals surface area contributed by atoms with Crippen LogP contribution >= 0.6 is 0 Å². The van der Waals surface area contributed by atoms with E-state index < -0.39 is 266 Å². The third kappa shape index (κ3) is 15.0. The van der Waals surface area contributed by atoms with E-state index in [1.165, 1.54) is 0 Å². The molecule has 0 aromatic rings. The van der Waals surface area contributed by atoms with Crippen molar-refractivity contribution in [2.24, 2.45) is 0 Å². The monoisotopic (exact) mass is 1220 g/mol. The number of nitrogens with one attached hydrogen (secondary N) is 3. The van der Waals surface area contributed by atoms with Gasteiger partial charge in [-0.05, 0) is 0 Å². The summed E-state index contributed by atoms with van der Waals surface area (Å²) >= 11 is 0. The van der Waals surface area contributed by atoms with Gasteiger partial charge >= 0.3 is 5.97 Å². The molecular formula is C45H75N3O35. The number of aliphatic carboxylic acids is 1. The first-order chi connectivity index (χ1) is 39.1. The van der Waals surface area contributed by atoms with Gasteiger partial charge in [-0.3, -0.25) is 14.4 Å². The summed E-state index contributed by atoms with van der Waals surface area (Å²) in [5.74, 6) is -8.77. The molecule has 480 valence electrons. The Morgan fingerprint density at radius 1 is 0.494 bits per heavy atom. The van der Waals surface area contributed by atoms with E-state index in [-0.39, 0.29) is 0 Å². The first-order valence-electron chi connectivity index (χ1n) is 25.9. The van der Waals surface area contributed by atoms with Crippen molar-refractivity contribution in [1.82, 2.24) is 16.0 Å². The van der Waals surface area contributed by atoms with Crippen LogP contribution in [-0.2, 0) is 71.3 Å². The Labute approximate surface area is 468 Å². The minimum atomic E-state index is -3.45. The van der Waals surface area contributed by atoms with Crippen LogP contribution in [0.25, 0.3) is 0 Å². The lowest BCUT2D eigenvalue weighted by Gasteiger charge is -2.53. The maximum Gasteiger partial charge on any atom is 0.364 e. The summed E-state index contributed by atoms with van der Waals surface area (Å²) in [4.78, 5) is 51.4. The Kier molecular flexibility index (Phi) is 24.5. The van der Waals surface area contributed by atoms with Crippen LogP contribution in [0.2, 0.25) is 0 Å². The van der Waals surface area contributed by atoms with Crippen LogP contribution in [-0.4, -0.2) is 362 Å². The Morgan fingerprint density at radius 2 is 0.952 bits per heavy atom. The molecule has 0 spiro atoms. The van der Waals surface area contributed by atoms with E-state index in [4.69, 9.17) is 52.1 Å². The molecule has 6 rings (SSSR count). The van der Waals surface area contributed by atoms with Crippen molar-refractivity contribution in [3.05, 3.63) is 0 Å². The lowest BCUT2D eigenvalue weighted by atomic mass is 9.88. The Hall–Kier alpha value is -3.32. The second-order valence-corrected chi connectivity index (χ2v) is 20.4. The summed E-state index contributed by atoms with van der Waals surface area (Å²) < 4.78 is 63.7. The summed E-state index contributed by atoms with van der Waals surface area (Å²) in [5.41, 5.74) is 0. The van der Waals surface area contributed by atoms with Gasteiger partial charge in [0.2, 0.25) is 17.7 Å². The third-order valence-electron chi connectivity index (χ3n) is 14.7. The topological polar surface area (TPSA) is 611 Å². The molecule has 6 aliphatic rings. The number of rotatable bonds is 23. The molecule has 0 unspecified atom stereocenters. The van der Waals surface area contributed by atoms with Gasteiger partial charge in [0.15, 0.2) is 31.5 Å². The van der Waals surface area contributed by atoms with E-state index in [9.17, 15) is 121 Å². The molecule has 83 heavy (non-hydrogen) atoms. The number of carbonyl (C=O) groups is 4. The molecule has 3 amide bonds. The van der Waals surface area contributed by atoms with Crippen molar-refractivity contribution >= 4 is 23.7 Å². The Morgan fingerprint density at radius 3 is 1.48 bits per heavy atom. The van der Waals surface area contributed by atoms with Gasteiger partial charge in [0.25, 0.3) is 5.79 Å². The number of hydrogen-bond donors (Lipinski definition) is 23. The Bertz CT molecular complexity index is 2110. The number of hydrogen-bond acceptors (Lipinski definition) is 34. The van der Waals surface area contributed by atoms with Gasteiger partial charge in [0.1, 0.15) is 147 Å². The summed E-state index contributed by atoms with van der Waals surface area (Å²) in [6.07, 6.45) is -58.2. The number of aliphatic hydroxyl groups is 19. The standard InChI is InChI=1S/C45H75N3O35/c1-11(56)46-22-27(64)25(62)15(5-50)74-40(22)80-35-19(9-54)77-43(32(69)38(35)83-45(44(71)72)3-13(58)21(48-20(60)10-55)37(82-45)24(61)14(59)4-49)81-36-23(47-12(2)57)41(75-16(6-51)26(36)63)78-34-18(8-53)76-42(31(68)29(34)66)79-33-17(7-52)73-39(70)30(67)28(33)65/h13-19,21-43,49-55,58-59,61-70H,3-10H2,1-2H3,(H,46,56)(H,47,57)(H,48,60)(H,71,72)/t13-,14+,15+,16+,17+,18+,19+,21+,22+,23+,24+,25-,26-,27+,28+,29+,30+,31+,32+,33+,34-,35-,36+,37+,38+,39+,40-,41-,42-,43-,45-/m0/s1. The van der Waals surface area contributed by atoms with E-state index in [2.05, 4.69) is 16.0 Å². The molecular weight excluding hydrogens is 1140 g/mol. The van der Waals surface area contributed by atoms with Crippen LogP contribution in [0.3, 0.4) is 0 Å². The average Bonchev–Trinajstić information content (AvgIpc) is 2.87. The lowest BCUT2D eigenvalue weighted by Crippen LogP contribution is -2.72. The van der Waals surface area contributed by atoms with Crippen LogP contribution in [0, 0.1) is 0 Å². The van der Waals surface area contributed by atoms with Crippen LogP contribution in [0.5, 0.6) is 0 Å². The van der Waals surface area contributed by atoms with Crippen molar-refractivity contribution < 1.29 is 173 Å². The lowest BCUT2D eigenvalue weighted by molar-refractivity contribution is -0.400. The minimum absolute atomic E-state index is 0.890. The quantitative estimate of drug-likeness (QED) is 0.0452. The second kappa shape index (κ2) is 29.6. The first-order valence-corrected chi connectivity index (χ1v) is 25.9. The second-order valence-electron chi connectivity index (χ2n) is 20.4. The van der Waals surface area contributed by atoms with Gasteiger partial charge in [-0.1, -0.05) is 0 Å². The maximum atomic E-state index is 13.6. The molecule has 0 aromatic heterocycles. The van der Waals surface area contributed by atoms with Crippen molar-refractivity contribution in [3.8, 4) is 0 Å². The molecule has 6 heterocycles. The van der Waals surface area contributed by atoms with Crippen LogP contribution < -0.4 is 16.0 Å². The molecule has 38 heteroatoms. The minimum Gasteiger partial charge on any atom is -0.477 e. The number of carboxylic acid groups (broad SMARTS) is 1. The molecule has 0 aliphatic carbocycles. The molecule has 6 aliphatic heterocycles. The number of aliphatic hydroxyl groups excluding tert-OH is 19. The highest BCUT2D eigenvalue weighted by Crippen LogP contribution is 2.41. The predicted molar refractivity (Wildman–Crippen MR) is 253 cm³/mol. The van der Waals surface area contributed by atoms with Gasteiger partial charge in [0.05, 0.1) is 51.8 Å². The number of ether oxygens (including phenoxy) is 11. The number of carboxylic acids is 1. The van der Waals surface area contributed by atoms with Gasteiger partial charge in [-0.15, -0.1) is 0 Å². The van der Waals surface area contributed by atoms with Gasteiger partial charge in [-0.25, -0.2) is 4.79 Å². The largest absolute Gasteiger partial charge is 0.477 e.